The quantitative estimate of drug-likeness (QED) is 0.553. The first-order chi connectivity index (χ1) is 16.7. The van der Waals surface area contributed by atoms with Crippen molar-refractivity contribution in [1.82, 2.24) is 19.8 Å². The van der Waals surface area contributed by atoms with E-state index in [-0.39, 0.29) is 0 Å². The summed E-state index contributed by atoms with van der Waals surface area (Å²) in [5.74, 6) is 2.17. The summed E-state index contributed by atoms with van der Waals surface area (Å²) in [7, 11) is 0. The molecule has 0 radical (unpaired) electrons. The second kappa shape index (κ2) is 9.90. The Labute approximate surface area is 206 Å². The lowest BCUT2D eigenvalue weighted by Crippen LogP contribution is -2.46. The monoisotopic (exact) mass is 477 g/mol. The summed E-state index contributed by atoms with van der Waals surface area (Å²) < 4.78 is 5.55. The molecule has 4 heterocycles. The number of morpholine rings is 1. The van der Waals surface area contributed by atoms with Gasteiger partial charge in [-0.3, -0.25) is 9.80 Å². The molecule has 2 aromatic heterocycles. The largest absolute Gasteiger partial charge is 0.379 e. The molecule has 0 spiro atoms. The molecule has 0 N–H and O–H groups in total. The van der Waals surface area contributed by atoms with Crippen LogP contribution in [0.2, 0.25) is 0 Å². The van der Waals surface area contributed by atoms with Gasteiger partial charge in [0.15, 0.2) is 0 Å². The van der Waals surface area contributed by atoms with E-state index in [1.807, 2.05) is 11.3 Å². The average molecular weight is 478 g/mol. The Morgan fingerprint density at radius 1 is 0.912 bits per heavy atom. The summed E-state index contributed by atoms with van der Waals surface area (Å²) in [5, 5.41) is 1.36. The van der Waals surface area contributed by atoms with Gasteiger partial charge in [-0.2, -0.15) is 0 Å². The zero-order chi connectivity index (χ0) is 22.9. The number of piperazine rings is 1. The number of nitrogens with zero attached hydrogens (tertiary/aromatic N) is 5. The van der Waals surface area contributed by atoms with Gasteiger partial charge in [-0.1, -0.05) is 29.8 Å². The van der Waals surface area contributed by atoms with Gasteiger partial charge in [-0.05, 0) is 43.7 Å². The predicted octanol–water partition coefficient (Wildman–Crippen LogP) is 4.03. The highest BCUT2D eigenvalue weighted by molar-refractivity contribution is 7.19. The van der Waals surface area contributed by atoms with Crippen LogP contribution in [0.25, 0.3) is 10.2 Å². The molecule has 180 valence electrons. The van der Waals surface area contributed by atoms with Crippen molar-refractivity contribution in [3.05, 3.63) is 51.7 Å². The highest BCUT2D eigenvalue weighted by Gasteiger charge is 2.26. The lowest BCUT2D eigenvalue weighted by Gasteiger charge is -2.36. The number of rotatable bonds is 5. The van der Waals surface area contributed by atoms with E-state index in [2.05, 4.69) is 45.9 Å². The van der Waals surface area contributed by atoms with Crippen molar-refractivity contribution in [1.29, 1.82) is 0 Å². The van der Waals surface area contributed by atoms with Crippen LogP contribution in [-0.2, 0) is 30.7 Å². The fourth-order valence-electron chi connectivity index (χ4n) is 5.63. The van der Waals surface area contributed by atoms with Crippen molar-refractivity contribution in [2.45, 2.75) is 45.7 Å². The van der Waals surface area contributed by atoms with Crippen LogP contribution in [0.3, 0.4) is 0 Å². The molecule has 7 heteroatoms. The fraction of sp³-hybridized carbons (Fsp3) is 0.556. The van der Waals surface area contributed by atoms with E-state index in [1.54, 1.807) is 10.4 Å². The molecule has 3 aliphatic rings. The minimum absolute atomic E-state index is 0.811. The van der Waals surface area contributed by atoms with Crippen LogP contribution in [0.4, 0.5) is 5.82 Å². The number of aryl methyl sites for hydroxylation is 3. The highest BCUT2D eigenvalue weighted by Crippen LogP contribution is 2.40. The van der Waals surface area contributed by atoms with Gasteiger partial charge in [0.1, 0.15) is 16.5 Å². The molecule has 6 nitrogen and oxygen atoms in total. The molecule has 0 saturated carbocycles. The molecule has 0 atom stereocenters. The normalized spacial score (nSPS) is 20.1. The Morgan fingerprint density at radius 3 is 2.53 bits per heavy atom. The smallest absolute Gasteiger partial charge is 0.146 e. The number of hydrogen-bond donors (Lipinski definition) is 0. The molecule has 3 aromatic rings. The Hall–Kier alpha value is -2.06. The molecule has 0 amide bonds. The summed E-state index contributed by atoms with van der Waals surface area (Å²) >= 11 is 1.93. The lowest BCUT2D eigenvalue weighted by molar-refractivity contribution is 0.0331. The maximum absolute atomic E-state index is 5.55. The average Bonchev–Trinajstić information content (AvgIpc) is 3.23. The SMILES string of the molecule is Cc1cccc(CN2CCN(c3nc(CN4CCOCC4)nc4sc5c(c34)CCCC5)CC2)c1. The van der Waals surface area contributed by atoms with Crippen molar-refractivity contribution >= 4 is 27.4 Å². The third kappa shape index (κ3) is 4.71. The second-order valence-electron chi connectivity index (χ2n) is 10.00. The van der Waals surface area contributed by atoms with Crippen molar-refractivity contribution in [2.75, 3.05) is 57.4 Å². The Balaban J connectivity index is 1.25. The number of thiophene rings is 1. The van der Waals surface area contributed by atoms with Crippen LogP contribution in [0.15, 0.2) is 24.3 Å². The van der Waals surface area contributed by atoms with E-state index in [9.17, 15) is 0 Å². The number of fused-ring (bicyclic) bond motifs is 3. The van der Waals surface area contributed by atoms with E-state index in [0.29, 0.717) is 0 Å². The number of aromatic nitrogens is 2. The first kappa shape index (κ1) is 22.4. The molecular formula is C27H35N5OS. The minimum atomic E-state index is 0.811. The second-order valence-corrected chi connectivity index (χ2v) is 11.1. The van der Waals surface area contributed by atoms with Crippen molar-refractivity contribution in [3.63, 3.8) is 0 Å². The van der Waals surface area contributed by atoms with E-state index in [4.69, 9.17) is 14.7 Å². The summed E-state index contributed by atoms with van der Waals surface area (Å²) in [5.41, 5.74) is 4.30. The molecular weight excluding hydrogens is 442 g/mol. The van der Waals surface area contributed by atoms with Crippen LogP contribution >= 0.6 is 11.3 Å². The van der Waals surface area contributed by atoms with Crippen LogP contribution < -0.4 is 4.90 Å². The standard InChI is InChI=1S/C27H35N5OS/c1-20-5-4-6-21(17-20)18-30-9-11-32(12-10-30)26-25-22-7-2-3-8-23(22)34-27(25)29-24(28-26)19-31-13-15-33-16-14-31/h4-6,17H,2-3,7-16,18-19H2,1H3. The summed E-state index contributed by atoms with van der Waals surface area (Å²) in [6.07, 6.45) is 4.99. The van der Waals surface area contributed by atoms with Gasteiger partial charge in [0.05, 0.1) is 25.1 Å². The summed E-state index contributed by atoms with van der Waals surface area (Å²) in [4.78, 5) is 20.7. The maximum Gasteiger partial charge on any atom is 0.146 e. The molecule has 0 bridgehead atoms. The Kier molecular flexibility index (Phi) is 6.52. The summed E-state index contributed by atoms with van der Waals surface area (Å²) in [6.45, 7) is 11.8. The van der Waals surface area contributed by atoms with Crippen molar-refractivity contribution in [3.8, 4) is 0 Å². The zero-order valence-corrected chi connectivity index (χ0v) is 21.1. The van der Waals surface area contributed by atoms with Crippen LogP contribution in [0.5, 0.6) is 0 Å². The first-order valence-electron chi connectivity index (χ1n) is 12.9. The number of benzene rings is 1. The van der Waals surface area contributed by atoms with Crippen molar-refractivity contribution in [2.24, 2.45) is 0 Å². The van der Waals surface area contributed by atoms with Gasteiger partial charge >= 0.3 is 0 Å². The minimum Gasteiger partial charge on any atom is -0.379 e. The molecule has 1 aromatic carbocycles. The lowest BCUT2D eigenvalue weighted by atomic mass is 9.97. The van der Waals surface area contributed by atoms with E-state index < -0.39 is 0 Å². The molecule has 6 rings (SSSR count). The molecule has 2 aliphatic heterocycles. The van der Waals surface area contributed by atoms with E-state index >= 15 is 0 Å². The molecule has 2 saturated heterocycles. The van der Waals surface area contributed by atoms with Gasteiger partial charge < -0.3 is 9.64 Å². The Bertz CT molecular complexity index is 1150. The number of ether oxygens (including phenoxy) is 1. The van der Waals surface area contributed by atoms with Gasteiger partial charge in [0.2, 0.25) is 0 Å². The molecule has 1 aliphatic carbocycles. The van der Waals surface area contributed by atoms with E-state index in [0.717, 1.165) is 71.4 Å². The predicted molar refractivity (Wildman–Crippen MR) is 139 cm³/mol. The molecule has 2 fully saturated rings. The van der Waals surface area contributed by atoms with Gasteiger partial charge in [-0.15, -0.1) is 11.3 Å². The zero-order valence-electron chi connectivity index (χ0n) is 20.3. The van der Waals surface area contributed by atoms with Crippen LogP contribution in [0, 0.1) is 6.92 Å². The van der Waals surface area contributed by atoms with Crippen molar-refractivity contribution < 1.29 is 4.74 Å². The number of anilines is 1. The van der Waals surface area contributed by atoms with Crippen LogP contribution in [0.1, 0.15) is 40.2 Å². The first-order valence-corrected chi connectivity index (χ1v) is 13.7. The van der Waals surface area contributed by atoms with Crippen LogP contribution in [-0.4, -0.2) is 72.3 Å². The van der Waals surface area contributed by atoms with E-state index in [1.165, 1.54) is 52.8 Å². The third-order valence-corrected chi connectivity index (χ3v) is 8.66. The summed E-state index contributed by atoms with van der Waals surface area (Å²) in [6, 6.07) is 8.92. The third-order valence-electron chi connectivity index (χ3n) is 7.47. The fourth-order valence-corrected chi connectivity index (χ4v) is 6.90. The van der Waals surface area contributed by atoms with Gasteiger partial charge in [0, 0.05) is 50.7 Å². The molecule has 34 heavy (non-hydrogen) atoms. The van der Waals surface area contributed by atoms with Gasteiger partial charge in [0.25, 0.3) is 0 Å². The van der Waals surface area contributed by atoms with Gasteiger partial charge in [-0.25, -0.2) is 9.97 Å². The Morgan fingerprint density at radius 2 is 1.71 bits per heavy atom. The topological polar surface area (TPSA) is 44.7 Å². The highest BCUT2D eigenvalue weighted by atomic mass is 32.1. The maximum atomic E-state index is 5.55. The molecule has 0 unspecified atom stereocenters. The number of hydrogen-bond acceptors (Lipinski definition) is 7.